The van der Waals surface area contributed by atoms with Gasteiger partial charge in [0.2, 0.25) is 0 Å². The monoisotopic (exact) mass is 304 g/mol. The van der Waals surface area contributed by atoms with Crippen molar-refractivity contribution >= 4 is 11.9 Å². The summed E-state index contributed by atoms with van der Waals surface area (Å²) < 4.78 is 15.6. The van der Waals surface area contributed by atoms with Gasteiger partial charge in [0.1, 0.15) is 11.3 Å². The molecule has 1 heterocycles. The van der Waals surface area contributed by atoms with E-state index in [4.69, 9.17) is 14.2 Å². The molecule has 0 aromatic rings. The van der Waals surface area contributed by atoms with E-state index in [0.717, 1.165) is 29.6 Å². The molecule has 2 aliphatic carbocycles. The van der Waals surface area contributed by atoms with Gasteiger partial charge in [-0.25, -0.2) is 0 Å². The summed E-state index contributed by atoms with van der Waals surface area (Å²) in [5.74, 6) is -1.65. The van der Waals surface area contributed by atoms with Crippen LogP contribution in [0, 0.1) is 17.3 Å². The first-order valence-corrected chi connectivity index (χ1v) is 7.45. The van der Waals surface area contributed by atoms with E-state index in [1.807, 2.05) is 0 Å². The number of ether oxygens (including phenoxy) is 3. The minimum atomic E-state index is -1.07. The van der Waals surface area contributed by atoms with Crippen LogP contribution in [-0.2, 0) is 23.8 Å². The third-order valence-electron chi connectivity index (χ3n) is 5.23. The topological polar surface area (TPSA) is 61.8 Å². The number of carbonyl (C=O) groups excluding carboxylic acids is 2. The minimum Gasteiger partial charge on any atom is -0.473 e. The number of allylic oxidation sites excluding steroid dienone is 1. The van der Waals surface area contributed by atoms with Crippen molar-refractivity contribution in [1.82, 2.24) is 0 Å². The molecule has 0 saturated heterocycles. The maximum atomic E-state index is 12.8. The molecule has 1 aliphatic heterocycles. The zero-order valence-corrected chi connectivity index (χ0v) is 12.9. The summed E-state index contributed by atoms with van der Waals surface area (Å²) in [6.07, 6.45) is 6.00. The Morgan fingerprint density at radius 3 is 2.68 bits per heavy atom. The number of rotatable bonds is 2. The highest BCUT2D eigenvalue weighted by Gasteiger charge is 2.64. The summed E-state index contributed by atoms with van der Waals surface area (Å²) >= 11 is 0. The molecule has 2 saturated carbocycles. The molecule has 3 aliphatic rings. The van der Waals surface area contributed by atoms with Gasteiger partial charge in [-0.1, -0.05) is 12.2 Å². The average molecular weight is 304 g/mol. The van der Waals surface area contributed by atoms with Crippen LogP contribution < -0.4 is 0 Å². The van der Waals surface area contributed by atoms with Gasteiger partial charge in [-0.2, -0.15) is 0 Å². The Balaban J connectivity index is 2.29. The van der Waals surface area contributed by atoms with Crippen LogP contribution in [0.25, 0.3) is 0 Å². The Bertz CT molecular complexity index is 600. The number of fused-ring (bicyclic) bond motifs is 1. The van der Waals surface area contributed by atoms with Crippen molar-refractivity contribution in [3.63, 3.8) is 0 Å². The Labute approximate surface area is 129 Å². The van der Waals surface area contributed by atoms with Crippen LogP contribution in [0.5, 0.6) is 0 Å². The molecule has 0 aromatic heterocycles. The zero-order valence-electron chi connectivity index (χ0n) is 12.9. The maximum Gasteiger partial charge on any atom is 0.317 e. The van der Waals surface area contributed by atoms with E-state index in [1.165, 1.54) is 14.2 Å². The number of esters is 2. The lowest BCUT2D eigenvalue weighted by Crippen LogP contribution is -2.47. The van der Waals surface area contributed by atoms with Crippen molar-refractivity contribution in [3.05, 3.63) is 35.8 Å². The zero-order chi connectivity index (χ0) is 15.9. The molecular weight excluding hydrogens is 284 g/mol. The lowest BCUT2D eigenvalue weighted by atomic mass is 9.63. The number of carbonyl (C=O) groups is 2. The van der Waals surface area contributed by atoms with Gasteiger partial charge >= 0.3 is 11.9 Å². The van der Waals surface area contributed by atoms with E-state index in [2.05, 4.69) is 6.58 Å². The van der Waals surface area contributed by atoms with Gasteiger partial charge in [-0.3, -0.25) is 9.59 Å². The van der Waals surface area contributed by atoms with Crippen molar-refractivity contribution in [2.45, 2.75) is 25.7 Å². The fraction of sp³-hybridized carbons (Fsp3) is 0.529. The van der Waals surface area contributed by atoms with E-state index in [9.17, 15) is 9.59 Å². The summed E-state index contributed by atoms with van der Waals surface area (Å²) in [6, 6.07) is 0. The molecule has 0 unspecified atom stereocenters. The standard InChI is InChI=1S/C17H20O5/c1-10-4-5-11-8-22-9-12-6-7-13(10)17(12,16(19)21-3)14(11)15(18)20-2/h8-9,13-14H,1,4-7H2,2-3H3/t13-,14-,17+/m0/s1. The molecule has 2 bridgehead atoms. The van der Waals surface area contributed by atoms with Gasteiger partial charge in [0.15, 0.2) is 0 Å². The van der Waals surface area contributed by atoms with Crippen LogP contribution in [0.3, 0.4) is 0 Å². The first kappa shape index (κ1) is 14.9. The van der Waals surface area contributed by atoms with Gasteiger partial charge in [0, 0.05) is 5.92 Å². The minimum absolute atomic E-state index is 0.122. The molecule has 3 atom stereocenters. The van der Waals surface area contributed by atoms with Crippen LogP contribution in [0.4, 0.5) is 0 Å². The molecule has 0 amide bonds. The SMILES string of the molecule is C=C1CCC2=COC=C3CC[C@@H]1[C@@]3(C(=O)OC)[C@@H]2C(=O)OC. The third-order valence-corrected chi connectivity index (χ3v) is 5.23. The molecule has 22 heavy (non-hydrogen) atoms. The molecule has 0 spiro atoms. The van der Waals surface area contributed by atoms with Gasteiger partial charge < -0.3 is 14.2 Å². The molecular formula is C17H20O5. The number of hydrogen-bond donors (Lipinski definition) is 0. The van der Waals surface area contributed by atoms with Crippen LogP contribution >= 0.6 is 0 Å². The molecule has 5 nitrogen and oxygen atoms in total. The Morgan fingerprint density at radius 2 is 2.00 bits per heavy atom. The van der Waals surface area contributed by atoms with Crippen LogP contribution in [0.1, 0.15) is 25.7 Å². The molecule has 2 fully saturated rings. The second-order valence-corrected chi connectivity index (χ2v) is 6.04. The maximum absolute atomic E-state index is 12.8. The lowest BCUT2D eigenvalue weighted by Gasteiger charge is -2.37. The quantitative estimate of drug-likeness (QED) is 0.579. The highest BCUT2D eigenvalue weighted by atomic mass is 16.5. The average Bonchev–Trinajstić information content (AvgIpc) is 2.74. The summed E-state index contributed by atoms with van der Waals surface area (Å²) in [5.41, 5.74) is 1.49. The lowest BCUT2D eigenvalue weighted by molar-refractivity contribution is -0.163. The molecule has 118 valence electrons. The predicted octanol–water partition coefficient (Wildman–Crippen LogP) is 2.49. The van der Waals surface area contributed by atoms with E-state index in [-0.39, 0.29) is 5.92 Å². The smallest absolute Gasteiger partial charge is 0.317 e. The van der Waals surface area contributed by atoms with Crippen LogP contribution in [0.15, 0.2) is 35.8 Å². The van der Waals surface area contributed by atoms with E-state index in [0.29, 0.717) is 12.8 Å². The molecule has 0 radical (unpaired) electrons. The summed E-state index contributed by atoms with van der Waals surface area (Å²) in [4.78, 5) is 25.4. The van der Waals surface area contributed by atoms with E-state index < -0.39 is 23.3 Å². The first-order chi connectivity index (χ1) is 10.6. The van der Waals surface area contributed by atoms with Crippen molar-refractivity contribution in [2.75, 3.05) is 14.2 Å². The van der Waals surface area contributed by atoms with Crippen molar-refractivity contribution in [2.24, 2.45) is 17.3 Å². The van der Waals surface area contributed by atoms with E-state index >= 15 is 0 Å². The molecule has 0 N–H and O–H groups in total. The predicted molar refractivity (Wildman–Crippen MR) is 78.3 cm³/mol. The fourth-order valence-electron chi connectivity index (χ4n) is 4.29. The Kier molecular flexibility index (Phi) is 3.59. The molecule has 0 aromatic carbocycles. The second kappa shape index (κ2) is 5.30. The Hall–Kier alpha value is -2.04. The first-order valence-electron chi connectivity index (χ1n) is 7.45. The van der Waals surface area contributed by atoms with Gasteiger partial charge in [-0.15, -0.1) is 0 Å². The highest BCUT2D eigenvalue weighted by Crippen LogP contribution is 2.61. The summed E-state index contributed by atoms with van der Waals surface area (Å²) in [6.45, 7) is 4.17. The highest BCUT2D eigenvalue weighted by molar-refractivity contribution is 5.92. The van der Waals surface area contributed by atoms with Crippen molar-refractivity contribution in [1.29, 1.82) is 0 Å². The van der Waals surface area contributed by atoms with Crippen molar-refractivity contribution < 1.29 is 23.8 Å². The fourth-order valence-corrected chi connectivity index (χ4v) is 4.29. The van der Waals surface area contributed by atoms with Crippen LogP contribution in [-0.4, -0.2) is 26.2 Å². The van der Waals surface area contributed by atoms with Gasteiger partial charge in [-0.05, 0) is 36.8 Å². The number of methoxy groups -OCH3 is 2. The normalized spacial score (nSPS) is 32.9. The Morgan fingerprint density at radius 1 is 1.23 bits per heavy atom. The summed E-state index contributed by atoms with van der Waals surface area (Å²) in [7, 11) is 2.70. The second-order valence-electron chi connectivity index (χ2n) is 6.04. The third kappa shape index (κ3) is 1.77. The van der Waals surface area contributed by atoms with Gasteiger partial charge in [0.05, 0.1) is 26.7 Å². The molecule has 3 rings (SSSR count). The van der Waals surface area contributed by atoms with Gasteiger partial charge in [0.25, 0.3) is 0 Å². The molecule has 5 heteroatoms. The number of hydrogen-bond acceptors (Lipinski definition) is 5. The van der Waals surface area contributed by atoms with Crippen LogP contribution in [0.2, 0.25) is 0 Å². The van der Waals surface area contributed by atoms with E-state index in [1.54, 1.807) is 12.5 Å². The van der Waals surface area contributed by atoms with Crippen molar-refractivity contribution in [3.8, 4) is 0 Å². The largest absolute Gasteiger partial charge is 0.473 e. The summed E-state index contributed by atoms with van der Waals surface area (Å²) in [5, 5.41) is 0.